The molecule has 9 nitrogen and oxygen atoms in total. The van der Waals surface area contributed by atoms with Crippen LogP contribution >= 0.6 is 0 Å². The lowest BCUT2D eigenvalue weighted by Gasteiger charge is -2.27. The predicted octanol–water partition coefficient (Wildman–Crippen LogP) is 4.27. The first-order chi connectivity index (χ1) is 16.9. The quantitative estimate of drug-likeness (QED) is 0.515. The van der Waals surface area contributed by atoms with E-state index in [0.29, 0.717) is 24.3 Å². The van der Waals surface area contributed by atoms with E-state index in [0.717, 1.165) is 29.7 Å². The maximum absolute atomic E-state index is 12.5. The number of hydrogen-bond donors (Lipinski definition) is 1. The van der Waals surface area contributed by atoms with Crippen LogP contribution in [0, 0.1) is 5.92 Å². The Morgan fingerprint density at radius 2 is 1.86 bits per heavy atom. The number of carbonyl (C=O) groups excluding carboxylic acids is 1. The number of amides is 1. The Bertz CT molecular complexity index is 1150. The van der Waals surface area contributed by atoms with Gasteiger partial charge in [0.05, 0.1) is 24.3 Å². The summed E-state index contributed by atoms with van der Waals surface area (Å²) in [5, 5.41) is 17.7. The smallest absolute Gasteiger partial charge is 0.410 e. The number of carbonyl (C=O) groups is 2. The summed E-state index contributed by atoms with van der Waals surface area (Å²) in [6.07, 6.45) is 2.40. The van der Waals surface area contributed by atoms with Gasteiger partial charge in [-0.05, 0) is 55.5 Å². The Hall–Kier alpha value is -3.88. The molecule has 1 heterocycles. The molecule has 1 aliphatic carbocycles. The van der Waals surface area contributed by atoms with Gasteiger partial charge in [0.1, 0.15) is 18.1 Å². The zero-order chi connectivity index (χ0) is 24.8. The molecule has 4 rings (SSSR count). The van der Waals surface area contributed by atoms with Crippen LogP contribution in [0.5, 0.6) is 5.75 Å². The fraction of sp³-hybridized carbons (Fsp3) is 0.385. The van der Waals surface area contributed by atoms with Crippen LogP contribution in [0.25, 0.3) is 11.3 Å². The molecule has 0 radical (unpaired) electrons. The highest BCUT2D eigenvalue weighted by atomic mass is 16.6. The Morgan fingerprint density at radius 3 is 2.57 bits per heavy atom. The minimum Gasteiger partial charge on any atom is -0.490 e. The van der Waals surface area contributed by atoms with E-state index in [2.05, 4.69) is 10.3 Å². The van der Waals surface area contributed by atoms with Crippen molar-refractivity contribution in [1.29, 1.82) is 0 Å². The Morgan fingerprint density at radius 1 is 1.11 bits per heavy atom. The van der Waals surface area contributed by atoms with Crippen molar-refractivity contribution in [1.82, 2.24) is 19.9 Å². The molecular weight excluding hydrogens is 448 g/mol. The van der Waals surface area contributed by atoms with E-state index in [4.69, 9.17) is 9.47 Å². The summed E-state index contributed by atoms with van der Waals surface area (Å²) in [5.41, 5.74) is 3.21. The van der Waals surface area contributed by atoms with Crippen molar-refractivity contribution in [3.8, 4) is 17.0 Å². The average molecular weight is 479 g/mol. The highest BCUT2D eigenvalue weighted by Crippen LogP contribution is 2.30. The molecule has 1 fully saturated rings. The molecule has 0 spiro atoms. The highest BCUT2D eigenvalue weighted by molar-refractivity contribution is 5.70. The summed E-state index contributed by atoms with van der Waals surface area (Å²) in [7, 11) is 3.46. The fourth-order valence-electron chi connectivity index (χ4n) is 4.26. The van der Waals surface area contributed by atoms with E-state index in [1.54, 1.807) is 18.8 Å². The first-order valence-electron chi connectivity index (χ1n) is 11.7. The number of benzene rings is 2. The van der Waals surface area contributed by atoms with Gasteiger partial charge in [0, 0.05) is 19.7 Å². The Balaban J connectivity index is 1.38. The molecule has 1 amide bonds. The van der Waals surface area contributed by atoms with E-state index in [-0.39, 0.29) is 25.2 Å². The number of rotatable bonds is 8. The van der Waals surface area contributed by atoms with Crippen LogP contribution < -0.4 is 4.74 Å². The van der Waals surface area contributed by atoms with Crippen molar-refractivity contribution in [3.63, 3.8) is 0 Å². The SMILES string of the molecule is CN(Cc1c(-c2ccc(O[C@H]3CCC[C@H](C(=O)O)C3)cc2)nnn1C)C(=O)OCc1ccccc1. The number of carboxylic acids is 1. The van der Waals surface area contributed by atoms with E-state index in [9.17, 15) is 14.7 Å². The van der Waals surface area contributed by atoms with Crippen molar-refractivity contribution < 1.29 is 24.2 Å². The van der Waals surface area contributed by atoms with Gasteiger partial charge in [0.15, 0.2) is 0 Å². The number of nitrogens with zero attached hydrogens (tertiary/aromatic N) is 4. The van der Waals surface area contributed by atoms with Gasteiger partial charge in [-0.15, -0.1) is 5.10 Å². The number of carboxylic acid groups (broad SMARTS) is 1. The van der Waals surface area contributed by atoms with Crippen LogP contribution in [0.15, 0.2) is 54.6 Å². The summed E-state index contributed by atoms with van der Waals surface area (Å²) in [6.45, 7) is 0.486. The molecule has 9 heteroatoms. The second-order valence-corrected chi connectivity index (χ2v) is 8.87. The van der Waals surface area contributed by atoms with Crippen molar-refractivity contribution in [2.24, 2.45) is 13.0 Å². The number of aliphatic carboxylic acids is 1. The maximum Gasteiger partial charge on any atom is 0.410 e. The number of aromatic nitrogens is 3. The maximum atomic E-state index is 12.5. The van der Waals surface area contributed by atoms with Crippen LogP contribution in [0.1, 0.15) is 36.9 Å². The van der Waals surface area contributed by atoms with Gasteiger partial charge in [-0.25, -0.2) is 9.48 Å². The first kappa shape index (κ1) is 24.3. The number of ether oxygens (including phenoxy) is 2. The average Bonchev–Trinajstić information content (AvgIpc) is 3.23. The van der Waals surface area contributed by atoms with Gasteiger partial charge >= 0.3 is 12.1 Å². The van der Waals surface area contributed by atoms with Gasteiger partial charge in [-0.3, -0.25) is 4.79 Å². The molecule has 2 aromatic carbocycles. The first-order valence-corrected chi connectivity index (χ1v) is 11.7. The van der Waals surface area contributed by atoms with Crippen molar-refractivity contribution in [2.75, 3.05) is 7.05 Å². The molecule has 184 valence electrons. The molecule has 1 N–H and O–H groups in total. The third-order valence-electron chi connectivity index (χ3n) is 6.25. The van der Waals surface area contributed by atoms with E-state index in [1.165, 1.54) is 4.90 Å². The Labute approximate surface area is 204 Å². The largest absolute Gasteiger partial charge is 0.490 e. The van der Waals surface area contributed by atoms with Crippen molar-refractivity contribution in [2.45, 2.75) is 44.9 Å². The molecule has 3 aromatic rings. The number of aryl methyl sites for hydroxylation is 1. The summed E-state index contributed by atoms with van der Waals surface area (Å²) in [4.78, 5) is 25.3. The fourth-order valence-corrected chi connectivity index (χ4v) is 4.26. The molecule has 2 atom stereocenters. The zero-order valence-corrected chi connectivity index (χ0v) is 20.0. The van der Waals surface area contributed by atoms with Crippen molar-refractivity contribution >= 4 is 12.1 Å². The molecule has 35 heavy (non-hydrogen) atoms. The summed E-state index contributed by atoms with van der Waals surface area (Å²) < 4.78 is 13.1. The van der Waals surface area contributed by atoms with E-state index in [1.807, 2.05) is 54.6 Å². The van der Waals surface area contributed by atoms with Gasteiger partial charge in [-0.1, -0.05) is 35.5 Å². The monoisotopic (exact) mass is 478 g/mol. The zero-order valence-electron chi connectivity index (χ0n) is 20.0. The van der Waals surface area contributed by atoms with Crippen LogP contribution in [0.4, 0.5) is 4.79 Å². The van der Waals surface area contributed by atoms with Crippen LogP contribution in [0.3, 0.4) is 0 Å². The van der Waals surface area contributed by atoms with Gasteiger partial charge in [0.2, 0.25) is 0 Å². The highest BCUT2D eigenvalue weighted by Gasteiger charge is 2.28. The summed E-state index contributed by atoms with van der Waals surface area (Å²) >= 11 is 0. The Kier molecular flexibility index (Phi) is 7.64. The predicted molar refractivity (Wildman–Crippen MR) is 129 cm³/mol. The lowest BCUT2D eigenvalue weighted by molar-refractivity contribution is -0.143. The van der Waals surface area contributed by atoms with Gasteiger partial charge in [-0.2, -0.15) is 0 Å². The van der Waals surface area contributed by atoms with E-state index >= 15 is 0 Å². The molecule has 0 unspecified atom stereocenters. The third-order valence-corrected chi connectivity index (χ3v) is 6.25. The van der Waals surface area contributed by atoms with E-state index < -0.39 is 12.1 Å². The number of hydrogen-bond acceptors (Lipinski definition) is 6. The molecule has 1 aliphatic rings. The lowest BCUT2D eigenvalue weighted by Crippen LogP contribution is -2.29. The molecule has 0 saturated heterocycles. The van der Waals surface area contributed by atoms with Crippen molar-refractivity contribution in [3.05, 3.63) is 65.9 Å². The topological polar surface area (TPSA) is 107 Å². The standard InChI is InChI=1S/C26H30N4O5/c1-29(26(33)34-17-18-7-4-3-5-8-18)16-23-24(27-28-30(23)2)19-11-13-21(14-12-19)35-22-10-6-9-20(15-22)25(31)32/h3-5,7-8,11-14,20,22H,6,9-10,15-17H2,1-2H3,(H,31,32)/t20-,22-/m0/s1. The summed E-state index contributed by atoms with van der Waals surface area (Å²) in [6, 6.07) is 17.0. The molecule has 1 saturated carbocycles. The second-order valence-electron chi connectivity index (χ2n) is 8.87. The van der Waals surface area contributed by atoms with Gasteiger partial charge in [0.25, 0.3) is 0 Å². The lowest BCUT2D eigenvalue weighted by atomic mass is 9.87. The molecule has 0 aliphatic heterocycles. The van der Waals surface area contributed by atoms with Crippen LogP contribution in [-0.2, 0) is 29.7 Å². The van der Waals surface area contributed by atoms with Crippen LogP contribution in [0.2, 0.25) is 0 Å². The van der Waals surface area contributed by atoms with Crippen LogP contribution in [-0.4, -0.2) is 50.2 Å². The van der Waals surface area contributed by atoms with Gasteiger partial charge < -0.3 is 19.5 Å². The molecule has 0 bridgehead atoms. The summed E-state index contributed by atoms with van der Waals surface area (Å²) in [5.74, 6) is -0.402. The normalized spacial score (nSPS) is 17.5. The second kappa shape index (κ2) is 11.0. The minimum atomic E-state index is -0.752. The molecular formula is C26H30N4O5. The molecule has 1 aromatic heterocycles. The minimum absolute atomic E-state index is 0.0988. The third kappa shape index (κ3) is 6.17.